The summed E-state index contributed by atoms with van der Waals surface area (Å²) in [6, 6.07) is 0.892. The van der Waals surface area contributed by atoms with Crippen LogP contribution in [0.3, 0.4) is 0 Å². The van der Waals surface area contributed by atoms with Crippen LogP contribution >= 0.6 is 0 Å². The molecule has 2 aliphatic rings. The average Bonchev–Trinajstić information content (AvgIpc) is 3.15. The molecule has 2 aliphatic heterocycles. The third kappa shape index (κ3) is 3.36. The molecule has 3 rings (SSSR count). The first-order valence-electron chi connectivity index (χ1n) is 7.89. The number of alkyl halides is 3. The van der Waals surface area contributed by atoms with E-state index in [2.05, 4.69) is 5.10 Å². The number of ether oxygens (including phenoxy) is 1. The molecule has 3 heterocycles. The van der Waals surface area contributed by atoms with Crippen molar-refractivity contribution in [3.8, 4) is 0 Å². The van der Waals surface area contributed by atoms with Gasteiger partial charge in [0, 0.05) is 25.9 Å². The molecular formula is C15H20F3N3O2. The standard InChI is InChI=1S/C15H20F3N3O2/c1-10-5-9-23-13(10)14(22)20-6-2-11(3-7-20)21-8-4-12(19-21)15(16,17)18/h4,8,10-11,13H,2-3,5-7,9H2,1H3/t10-,13+/m1/s1. The molecule has 0 aliphatic carbocycles. The minimum absolute atomic E-state index is 0.00453. The quantitative estimate of drug-likeness (QED) is 0.836. The highest BCUT2D eigenvalue weighted by Crippen LogP contribution is 2.30. The Morgan fingerprint density at radius 1 is 1.30 bits per heavy atom. The van der Waals surface area contributed by atoms with Crippen molar-refractivity contribution < 1.29 is 22.7 Å². The summed E-state index contributed by atoms with van der Waals surface area (Å²) in [6.07, 6.45) is -1.32. The maximum Gasteiger partial charge on any atom is 0.435 e. The Morgan fingerprint density at radius 3 is 2.52 bits per heavy atom. The predicted octanol–water partition coefficient (Wildman–Crippen LogP) is 2.49. The Morgan fingerprint density at radius 2 is 2.00 bits per heavy atom. The summed E-state index contributed by atoms with van der Waals surface area (Å²) < 4.78 is 44.7. The van der Waals surface area contributed by atoms with Gasteiger partial charge in [-0.05, 0) is 31.2 Å². The molecule has 0 spiro atoms. The van der Waals surface area contributed by atoms with E-state index in [1.807, 2.05) is 6.92 Å². The zero-order chi connectivity index (χ0) is 16.6. The molecule has 2 atom stereocenters. The maximum absolute atomic E-state index is 12.6. The number of hydrogen-bond acceptors (Lipinski definition) is 3. The molecule has 2 fully saturated rings. The smallest absolute Gasteiger partial charge is 0.368 e. The molecule has 1 aromatic heterocycles. The lowest BCUT2D eigenvalue weighted by Gasteiger charge is -2.34. The Balaban J connectivity index is 1.58. The molecule has 0 aromatic carbocycles. The molecule has 0 N–H and O–H groups in total. The SMILES string of the molecule is C[C@@H]1CCO[C@@H]1C(=O)N1CCC(n2ccc(C(F)(F)F)n2)CC1. The monoisotopic (exact) mass is 331 g/mol. The third-order valence-corrected chi connectivity index (χ3v) is 4.68. The fourth-order valence-electron chi connectivity index (χ4n) is 3.23. The van der Waals surface area contributed by atoms with Crippen molar-refractivity contribution in [3.63, 3.8) is 0 Å². The highest BCUT2D eigenvalue weighted by Gasteiger charge is 2.37. The van der Waals surface area contributed by atoms with Crippen LogP contribution < -0.4 is 0 Å². The largest absolute Gasteiger partial charge is 0.435 e. The van der Waals surface area contributed by atoms with E-state index >= 15 is 0 Å². The van der Waals surface area contributed by atoms with Crippen LogP contribution in [0, 0.1) is 5.92 Å². The fourth-order valence-corrected chi connectivity index (χ4v) is 3.23. The van der Waals surface area contributed by atoms with E-state index in [4.69, 9.17) is 4.74 Å². The lowest BCUT2D eigenvalue weighted by molar-refractivity contribution is -0.143. The number of halogens is 3. The van der Waals surface area contributed by atoms with Gasteiger partial charge in [-0.1, -0.05) is 6.92 Å². The van der Waals surface area contributed by atoms with E-state index in [9.17, 15) is 18.0 Å². The summed E-state index contributed by atoms with van der Waals surface area (Å²) in [7, 11) is 0. The number of piperidine rings is 1. The van der Waals surface area contributed by atoms with Crippen LogP contribution in [0.15, 0.2) is 12.3 Å². The van der Waals surface area contributed by atoms with Gasteiger partial charge in [0.05, 0.1) is 6.04 Å². The van der Waals surface area contributed by atoms with Crippen LogP contribution in [0.2, 0.25) is 0 Å². The Labute approximate surface area is 132 Å². The van der Waals surface area contributed by atoms with Crippen molar-refractivity contribution in [2.45, 2.75) is 44.5 Å². The molecule has 128 valence electrons. The van der Waals surface area contributed by atoms with Crippen molar-refractivity contribution in [2.24, 2.45) is 5.92 Å². The number of likely N-dealkylation sites (tertiary alicyclic amines) is 1. The van der Waals surface area contributed by atoms with E-state index in [-0.39, 0.29) is 24.0 Å². The summed E-state index contributed by atoms with van der Waals surface area (Å²) in [5, 5.41) is 3.63. The summed E-state index contributed by atoms with van der Waals surface area (Å²) >= 11 is 0. The Hall–Kier alpha value is -1.57. The van der Waals surface area contributed by atoms with Crippen molar-refractivity contribution in [1.29, 1.82) is 0 Å². The van der Waals surface area contributed by atoms with E-state index in [0.29, 0.717) is 32.5 Å². The minimum atomic E-state index is -4.42. The Bertz CT molecular complexity index is 565. The molecule has 8 heteroatoms. The van der Waals surface area contributed by atoms with E-state index < -0.39 is 11.9 Å². The predicted molar refractivity (Wildman–Crippen MR) is 75.6 cm³/mol. The van der Waals surface area contributed by atoms with Crippen LogP contribution in [0.4, 0.5) is 13.2 Å². The van der Waals surface area contributed by atoms with Crippen LogP contribution in [-0.4, -0.2) is 46.4 Å². The first-order chi connectivity index (χ1) is 10.9. The maximum atomic E-state index is 12.6. The van der Waals surface area contributed by atoms with Gasteiger partial charge in [0.2, 0.25) is 0 Å². The molecule has 1 aromatic rings. The highest BCUT2D eigenvalue weighted by atomic mass is 19.4. The van der Waals surface area contributed by atoms with Gasteiger partial charge < -0.3 is 9.64 Å². The number of nitrogens with zero attached hydrogens (tertiary/aromatic N) is 3. The topological polar surface area (TPSA) is 47.4 Å². The first-order valence-corrected chi connectivity index (χ1v) is 7.89. The van der Waals surface area contributed by atoms with Gasteiger partial charge in [0.15, 0.2) is 5.69 Å². The lowest BCUT2D eigenvalue weighted by Crippen LogP contribution is -2.45. The normalized spacial score (nSPS) is 26.7. The van der Waals surface area contributed by atoms with Crippen LogP contribution in [0.25, 0.3) is 0 Å². The number of carbonyl (C=O) groups is 1. The van der Waals surface area contributed by atoms with E-state index in [1.54, 1.807) is 4.90 Å². The van der Waals surface area contributed by atoms with Crippen LogP contribution in [-0.2, 0) is 15.7 Å². The van der Waals surface area contributed by atoms with E-state index in [0.717, 1.165) is 12.5 Å². The second kappa shape index (κ2) is 6.14. The molecule has 0 bridgehead atoms. The first kappa shape index (κ1) is 16.3. The van der Waals surface area contributed by atoms with Gasteiger partial charge in [-0.3, -0.25) is 9.48 Å². The molecule has 2 saturated heterocycles. The van der Waals surface area contributed by atoms with Gasteiger partial charge in [0.1, 0.15) is 6.10 Å². The number of aromatic nitrogens is 2. The summed E-state index contributed by atoms with van der Waals surface area (Å²) in [5.74, 6) is 0.227. The zero-order valence-electron chi connectivity index (χ0n) is 12.9. The van der Waals surface area contributed by atoms with Crippen molar-refractivity contribution in [3.05, 3.63) is 18.0 Å². The van der Waals surface area contributed by atoms with Crippen molar-refractivity contribution in [2.75, 3.05) is 19.7 Å². The third-order valence-electron chi connectivity index (χ3n) is 4.68. The molecule has 0 saturated carbocycles. The zero-order valence-corrected chi connectivity index (χ0v) is 12.9. The van der Waals surface area contributed by atoms with Crippen molar-refractivity contribution in [1.82, 2.24) is 14.7 Å². The second-order valence-corrected chi connectivity index (χ2v) is 6.29. The Kier molecular flexibility index (Phi) is 4.35. The van der Waals surface area contributed by atoms with Gasteiger partial charge in [-0.15, -0.1) is 0 Å². The molecule has 0 radical (unpaired) electrons. The molecule has 1 amide bonds. The lowest BCUT2D eigenvalue weighted by atomic mass is 10.0. The van der Waals surface area contributed by atoms with Crippen LogP contribution in [0.5, 0.6) is 0 Å². The summed E-state index contributed by atoms with van der Waals surface area (Å²) in [4.78, 5) is 14.2. The second-order valence-electron chi connectivity index (χ2n) is 6.29. The molecule has 0 unspecified atom stereocenters. The van der Waals surface area contributed by atoms with Gasteiger partial charge in [0.25, 0.3) is 5.91 Å². The molecular weight excluding hydrogens is 311 g/mol. The molecule has 23 heavy (non-hydrogen) atoms. The highest BCUT2D eigenvalue weighted by molar-refractivity contribution is 5.81. The van der Waals surface area contributed by atoms with Crippen molar-refractivity contribution >= 4 is 5.91 Å². The fraction of sp³-hybridized carbons (Fsp3) is 0.733. The number of carbonyl (C=O) groups excluding carboxylic acids is 1. The van der Waals surface area contributed by atoms with Gasteiger partial charge in [-0.2, -0.15) is 18.3 Å². The van der Waals surface area contributed by atoms with Gasteiger partial charge >= 0.3 is 6.18 Å². The van der Waals surface area contributed by atoms with Gasteiger partial charge in [-0.25, -0.2) is 0 Å². The minimum Gasteiger partial charge on any atom is -0.368 e. The number of rotatable bonds is 2. The van der Waals surface area contributed by atoms with Crippen LogP contribution in [0.1, 0.15) is 37.9 Å². The summed E-state index contributed by atoms with van der Waals surface area (Å²) in [5.41, 5.74) is -0.871. The van der Waals surface area contributed by atoms with E-state index in [1.165, 1.54) is 10.9 Å². The molecule has 5 nitrogen and oxygen atoms in total. The summed E-state index contributed by atoms with van der Waals surface area (Å²) in [6.45, 7) is 3.67. The number of amides is 1. The number of hydrogen-bond donors (Lipinski definition) is 0. The average molecular weight is 331 g/mol.